The number of methoxy groups -OCH3 is 1. The Morgan fingerprint density at radius 3 is 2.35 bits per heavy atom. The number of hydrogen-bond acceptors (Lipinski definition) is 3. The first-order chi connectivity index (χ1) is 9.48. The van der Waals surface area contributed by atoms with E-state index >= 15 is 0 Å². The van der Waals surface area contributed by atoms with Crippen LogP contribution < -0.4 is 14.3 Å². The molecule has 1 atom stereocenters. The molecule has 106 valence electrons. The van der Waals surface area contributed by atoms with Crippen LogP contribution in [0.3, 0.4) is 0 Å². The van der Waals surface area contributed by atoms with Gasteiger partial charge in [0, 0.05) is 12.4 Å². The second-order valence-electron chi connectivity index (χ2n) is 4.23. The van der Waals surface area contributed by atoms with E-state index in [1.807, 2.05) is 0 Å². The average Bonchev–Trinajstić information content (AvgIpc) is 2.38. The average molecular weight is 295 g/mol. The fraction of sp³-hybridized carbons (Fsp3) is 0.143. The minimum atomic E-state index is -3.14. The number of halogens is 1. The van der Waals surface area contributed by atoms with Crippen molar-refractivity contribution in [2.75, 3.05) is 18.9 Å². The normalized spacial score (nSPS) is 13.3. The van der Waals surface area contributed by atoms with E-state index < -0.39 is 13.3 Å². The van der Waals surface area contributed by atoms with Crippen molar-refractivity contribution in [3.8, 4) is 11.5 Å². The summed E-state index contributed by atoms with van der Waals surface area (Å²) in [6.45, 7) is 1.43. The molecule has 0 heterocycles. The van der Waals surface area contributed by atoms with Crippen LogP contribution in [-0.4, -0.2) is 13.8 Å². The number of rotatable bonds is 5. The van der Waals surface area contributed by atoms with Crippen LogP contribution >= 0.6 is 7.52 Å². The van der Waals surface area contributed by atoms with Crippen LogP contribution in [0.2, 0.25) is 0 Å². The Hall–Kier alpha value is -2.00. The van der Waals surface area contributed by atoms with Gasteiger partial charge in [0.2, 0.25) is 0 Å². The summed E-state index contributed by atoms with van der Waals surface area (Å²) in [6, 6.07) is 12.4. The molecule has 2 aromatic carbocycles. The fourth-order valence-corrected chi connectivity index (χ4v) is 2.83. The van der Waals surface area contributed by atoms with Gasteiger partial charge in [-0.1, -0.05) is 6.07 Å². The highest BCUT2D eigenvalue weighted by Crippen LogP contribution is 2.43. The molecule has 0 aliphatic heterocycles. The smallest absolute Gasteiger partial charge is 0.338 e. The Morgan fingerprint density at radius 1 is 1.10 bits per heavy atom. The van der Waals surface area contributed by atoms with Gasteiger partial charge in [0.1, 0.15) is 17.3 Å². The molecule has 0 aliphatic carbocycles. The molecule has 0 aliphatic rings. The van der Waals surface area contributed by atoms with Gasteiger partial charge in [-0.05, 0) is 42.5 Å². The van der Waals surface area contributed by atoms with Gasteiger partial charge in [0.15, 0.2) is 0 Å². The third-order valence-corrected chi connectivity index (χ3v) is 3.72. The second kappa shape index (κ2) is 5.97. The predicted octanol–water partition coefficient (Wildman–Crippen LogP) is 4.15. The first-order valence-electron chi connectivity index (χ1n) is 5.93. The van der Waals surface area contributed by atoms with Crippen molar-refractivity contribution in [1.82, 2.24) is 0 Å². The number of hydrogen-bond donors (Lipinski definition) is 1. The lowest BCUT2D eigenvalue weighted by atomic mass is 10.3. The minimum absolute atomic E-state index is 0.403. The number of benzene rings is 2. The fourth-order valence-electron chi connectivity index (χ4n) is 1.65. The van der Waals surface area contributed by atoms with Crippen LogP contribution in [0.15, 0.2) is 48.5 Å². The molecule has 0 saturated heterocycles. The summed E-state index contributed by atoms with van der Waals surface area (Å²) in [6.07, 6.45) is 0. The number of ether oxygens (including phenoxy) is 1. The molecule has 2 rings (SSSR count). The summed E-state index contributed by atoms with van der Waals surface area (Å²) >= 11 is 0. The van der Waals surface area contributed by atoms with Crippen LogP contribution in [0.25, 0.3) is 0 Å². The molecular formula is C14H15FNO3P. The molecule has 2 aromatic rings. The van der Waals surface area contributed by atoms with Crippen molar-refractivity contribution < 1.29 is 18.2 Å². The second-order valence-corrected chi connectivity index (χ2v) is 6.33. The molecule has 0 bridgehead atoms. The van der Waals surface area contributed by atoms with Crippen molar-refractivity contribution in [1.29, 1.82) is 0 Å². The molecular weight excluding hydrogens is 280 g/mol. The Morgan fingerprint density at radius 2 is 1.75 bits per heavy atom. The van der Waals surface area contributed by atoms with Gasteiger partial charge < -0.3 is 14.3 Å². The Bertz CT molecular complexity index is 631. The predicted molar refractivity (Wildman–Crippen MR) is 77.2 cm³/mol. The molecule has 0 spiro atoms. The lowest BCUT2D eigenvalue weighted by Gasteiger charge is -2.17. The van der Waals surface area contributed by atoms with Crippen LogP contribution in [0, 0.1) is 5.82 Å². The van der Waals surface area contributed by atoms with E-state index in [4.69, 9.17) is 9.26 Å². The van der Waals surface area contributed by atoms with Gasteiger partial charge >= 0.3 is 7.52 Å². The molecule has 0 amide bonds. The SMILES string of the molecule is COc1ccc(O[P@](C)(=O)Nc2cccc(F)c2)cc1. The lowest BCUT2D eigenvalue weighted by molar-refractivity contribution is 0.413. The highest BCUT2D eigenvalue weighted by molar-refractivity contribution is 7.60. The van der Waals surface area contributed by atoms with Crippen molar-refractivity contribution in [2.45, 2.75) is 0 Å². The van der Waals surface area contributed by atoms with Gasteiger partial charge in [-0.15, -0.1) is 0 Å². The zero-order valence-electron chi connectivity index (χ0n) is 11.2. The van der Waals surface area contributed by atoms with E-state index in [-0.39, 0.29) is 0 Å². The number of anilines is 1. The molecule has 20 heavy (non-hydrogen) atoms. The summed E-state index contributed by atoms with van der Waals surface area (Å²) in [4.78, 5) is 0. The van der Waals surface area contributed by atoms with Crippen LogP contribution in [0.4, 0.5) is 10.1 Å². The zero-order chi connectivity index (χ0) is 14.6. The van der Waals surface area contributed by atoms with Gasteiger partial charge in [-0.25, -0.2) is 4.39 Å². The molecule has 6 heteroatoms. The van der Waals surface area contributed by atoms with E-state index in [0.717, 1.165) is 0 Å². The quantitative estimate of drug-likeness (QED) is 0.842. The van der Waals surface area contributed by atoms with E-state index in [0.29, 0.717) is 17.2 Å². The Kier molecular flexibility index (Phi) is 4.30. The minimum Gasteiger partial charge on any atom is -0.497 e. The molecule has 0 aromatic heterocycles. The van der Waals surface area contributed by atoms with Gasteiger partial charge in [0.25, 0.3) is 0 Å². The summed E-state index contributed by atoms with van der Waals surface area (Å²) in [5.74, 6) is 0.723. The Labute approximate surface area is 117 Å². The van der Waals surface area contributed by atoms with E-state index in [2.05, 4.69) is 5.09 Å². The van der Waals surface area contributed by atoms with Crippen LogP contribution in [0.5, 0.6) is 11.5 Å². The summed E-state index contributed by atoms with van der Waals surface area (Å²) in [5.41, 5.74) is 0.407. The first-order valence-corrected chi connectivity index (χ1v) is 8.01. The van der Waals surface area contributed by atoms with E-state index in [9.17, 15) is 8.96 Å². The third-order valence-electron chi connectivity index (χ3n) is 2.50. The van der Waals surface area contributed by atoms with Gasteiger partial charge in [0.05, 0.1) is 7.11 Å². The summed E-state index contributed by atoms with van der Waals surface area (Å²) in [7, 11) is -1.58. The molecule has 0 saturated carbocycles. The zero-order valence-corrected chi connectivity index (χ0v) is 12.1. The van der Waals surface area contributed by atoms with Gasteiger partial charge in [-0.3, -0.25) is 4.57 Å². The monoisotopic (exact) mass is 295 g/mol. The highest BCUT2D eigenvalue weighted by Gasteiger charge is 2.17. The van der Waals surface area contributed by atoms with E-state index in [1.54, 1.807) is 37.4 Å². The lowest BCUT2D eigenvalue weighted by Crippen LogP contribution is -2.02. The summed E-state index contributed by atoms with van der Waals surface area (Å²) < 4.78 is 35.8. The highest BCUT2D eigenvalue weighted by atomic mass is 31.2. The molecule has 0 radical (unpaired) electrons. The van der Waals surface area contributed by atoms with Gasteiger partial charge in [-0.2, -0.15) is 0 Å². The number of nitrogens with one attached hydrogen (secondary N) is 1. The van der Waals surface area contributed by atoms with Crippen LogP contribution in [-0.2, 0) is 4.57 Å². The topological polar surface area (TPSA) is 47.6 Å². The molecule has 0 unspecified atom stereocenters. The molecule has 0 fully saturated rings. The van der Waals surface area contributed by atoms with Crippen molar-refractivity contribution >= 4 is 13.2 Å². The van der Waals surface area contributed by atoms with Crippen molar-refractivity contribution in [3.63, 3.8) is 0 Å². The molecule has 1 N–H and O–H groups in total. The first kappa shape index (κ1) is 14.4. The maximum absolute atomic E-state index is 13.1. The molecule has 4 nitrogen and oxygen atoms in total. The maximum Gasteiger partial charge on any atom is 0.338 e. The Balaban J connectivity index is 2.08. The largest absolute Gasteiger partial charge is 0.497 e. The van der Waals surface area contributed by atoms with Crippen molar-refractivity contribution in [3.05, 3.63) is 54.3 Å². The van der Waals surface area contributed by atoms with E-state index in [1.165, 1.54) is 24.9 Å². The van der Waals surface area contributed by atoms with Crippen molar-refractivity contribution in [2.24, 2.45) is 0 Å². The maximum atomic E-state index is 13.1. The summed E-state index contributed by atoms with van der Waals surface area (Å²) in [5, 5.41) is 2.70. The third kappa shape index (κ3) is 4.00. The standard InChI is InChI=1S/C14H15FNO3P/c1-18-13-6-8-14(9-7-13)19-20(2,17)16-12-5-3-4-11(15)10-12/h3-10H,1-2H3,(H,16,17)/t20-/m0/s1. The van der Waals surface area contributed by atoms with Crippen LogP contribution in [0.1, 0.15) is 0 Å².